The van der Waals surface area contributed by atoms with Gasteiger partial charge < -0.3 is 14.4 Å². The van der Waals surface area contributed by atoms with Gasteiger partial charge in [0, 0.05) is 29.3 Å². The smallest absolute Gasteiger partial charge is 0.258 e. The molecule has 3 aromatic rings. The molecule has 8 heteroatoms. The van der Waals surface area contributed by atoms with E-state index in [9.17, 15) is 14.0 Å². The number of hydrogen-bond donors (Lipinski definition) is 3. The van der Waals surface area contributed by atoms with Crippen molar-refractivity contribution in [3.8, 4) is 16.9 Å². The Morgan fingerprint density at radius 3 is 2.47 bits per heavy atom. The number of aliphatic hydroxyl groups is 1. The van der Waals surface area contributed by atoms with Crippen LogP contribution in [0, 0.1) is 12.7 Å². The fourth-order valence-electron chi connectivity index (χ4n) is 4.13. The molecule has 0 aliphatic carbocycles. The molecule has 1 aliphatic heterocycles. The number of benzene rings is 2. The summed E-state index contributed by atoms with van der Waals surface area (Å²) in [6, 6.07) is 8.48. The first-order chi connectivity index (χ1) is 15.9. The minimum atomic E-state index is -0.657. The number of pyridine rings is 1. The summed E-state index contributed by atoms with van der Waals surface area (Å²) >= 11 is 0. The number of hydrogen-bond acceptors (Lipinski definition) is 5. The minimum absolute atomic E-state index is 0.225. The van der Waals surface area contributed by atoms with Gasteiger partial charge in [-0.05, 0) is 69.2 Å². The molecule has 0 bridgehead atoms. The van der Waals surface area contributed by atoms with Gasteiger partial charge in [0.1, 0.15) is 0 Å². The normalized spacial score (nSPS) is 12.9. The fourth-order valence-corrected chi connectivity index (χ4v) is 4.13. The van der Waals surface area contributed by atoms with Crippen molar-refractivity contribution in [3.05, 3.63) is 63.3 Å². The molecule has 182 valence electrons. The Labute approximate surface area is 197 Å². The van der Waals surface area contributed by atoms with E-state index in [1.165, 1.54) is 10.6 Å². The van der Waals surface area contributed by atoms with Crippen molar-refractivity contribution >= 4 is 16.7 Å². The average molecular weight is 471 g/mol. The van der Waals surface area contributed by atoms with E-state index >= 15 is 0 Å². The largest absolute Gasteiger partial charge is 0.490 e. The number of fused-ring (bicyclic) bond motifs is 2. The first-order valence-corrected chi connectivity index (χ1v) is 11.1. The number of nitrogens with zero attached hydrogens (tertiary/aromatic N) is 1. The summed E-state index contributed by atoms with van der Waals surface area (Å²) in [6.45, 7) is 7.61. The van der Waals surface area contributed by atoms with E-state index in [2.05, 4.69) is 0 Å². The molecule has 0 saturated carbocycles. The Bertz CT molecular complexity index is 1290. The standard InChI is InChI=1S/C22H21FN2O4.C4H10O/c1-12-13-8-5-9-29-21(13)17(23)10-16(12)20-14-6-3-4-7-15(14)22(27)25(2)18(20)11-19(26)24-28;1-4(2,3)5/h3-4,6-7,10,28H,5,8-9,11H2,1-2H3,(H,24,26);5H,1-3H3. The first kappa shape index (κ1) is 25.4. The first-order valence-electron chi connectivity index (χ1n) is 11.1. The van der Waals surface area contributed by atoms with Crippen LogP contribution in [-0.2, 0) is 24.7 Å². The van der Waals surface area contributed by atoms with Crippen LogP contribution in [0.1, 0.15) is 44.0 Å². The molecule has 7 nitrogen and oxygen atoms in total. The maximum absolute atomic E-state index is 14.9. The van der Waals surface area contributed by atoms with Crippen LogP contribution in [0.2, 0.25) is 0 Å². The van der Waals surface area contributed by atoms with Crippen molar-refractivity contribution in [1.29, 1.82) is 0 Å². The zero-order valence-corrected chi connectivity index (χ0v) is 20.2. The van der Waals surface area contributed by atoms with Crippen LogP contribution in [0.4, 0.5) is 4.39 Å². The lowest BCUT2D eigenvalue weighted by Gasteiger charge is -2.24. The molecule has 1 aliphatic rings. The third-order valence-corrected chi connectivity index (χ3v) is 5.58. The molecular formula is C26H31FN2O5. The zero-order valence-electron chi connectivity index (χ0n) is 20.2. The van der Waals surface area contributed by atoms with E-state index in [0.717, 1.165) is 17.5 Å². The van der Waals surface area contributed by atoms with Crippen LogP contribution < -0.4 is 15.8 Å². The third-order valence-electron chi connectivity index (χ3n) is 5.58. The number of carbonyl (C=O) groups excluding carboxylic acids is 1. The Kier molecular flexibility index (Phi) is 7.43. The monoisotopic (exact) mass is 470 g/mol. The highest BCUT2D eigenvalue weighted by molar-refractivity contribution is 5.99. The van der Waals surface area contributed by atoms with Crippen LogP contribution in [0.5, 0.6) is 5.75 Å². The predicted octanol–water partition coefficient (Wildman–Crippen LogP) is 3.80. The molecule has 2 heterocycles. The van der Waals surface area contributed by atoms with Crippen LogP contribution in [0.3, 0.4) is 0 Å². The van der Waals surface area contributed by atoms with E-state index < -0.39 is 17.3 Å². The van der Waals surface area contributed by atoms with E-state index in [1.54, 1.807) is 57.6 Å². The average Bonchev–Trinajstić information content (AvgIpc) is 2.79. The Morgan fingerprint density at radius 1 is 1.24 bits per heavy atom. The van der Waals surface area contributed by atoms with Crippen molar-refractivity contribution in [3.63, 3.8) is 0 Å². The van der Waals surface area contributed by atoms with Gasteiger partial charge in [0.05, 0.1) is 18.6 Å². The Balaban J connectivity index is 0.000000588. The SMILES string of the molecule is CC(C)(C)O.Cc1c(-c2c(CC(=O)NO)n(C)c(=O)c3ccccc23)cc(F)c2c1CCCO2. The van der Waals surface area contributed by atoms with Crippen molar-refractivity contribution < 1.29 is 24.2 Å². The van der Waals surface area contributed by atoms with E-state index in [-0.39, 0.29) is 17.7 Å². The summed E-state index contributed by atoms with van der Waals surface area (Å²) in [5, 5.41) is 18.7. The molecule has 1 amide bonds. The Hall–Kier alpha value is -3.23. The second kappa shape index (κ2) is 9.95. The molecule has 3 N–H and O–H groups in total. The van der Waals surface area contributed by atoms with Crippen molar-refractivity contribution in [2.24, 2.45) is 7.05 Å². The number of nitrogens with one attached hydrogen (secondary N) is 1. The number of hydroxylamine groups is 1. The molecule has 0 radical (unpaired) electrons. The predicted molar refractivity (Wildman–Crippen MR) is 129 cm³/mol. The van der Waals surface area contributed by atoms with Gasteiger partial charge in [-0.25, -0.2) is 9.87 Å². The second-order valence-electron chi connectivity index (χ2n) is 9.40. The molecule has 2 aromatic carbocycles. The summed E-state index contributed by atoms with van der Waals surface area (Å²) in [6.07, 6.45) is 1.27. The lowest BCUT2D eigenvalue weighted by molar-refractivity contribution is -0.128. The number of carbonyl (C=O) groups is 1. The van der Waals surface area contributed by atoms with Gasteiger partial charge in [0.15, 0.2) is 11.6 Å². The van der Waals surface area contributed by atoms with Gasteiger partial charge in [0.25, 0.3) is 5.56 Å². The maximum atomic E-state index is 14.9. The van der Waals surface area contributed by atoms with E-state index in [4.69, 9.17) is 15.1 Å². The van der Waals surface area contributed by atoms with Gasteiger partial charge >= 0.3 is 0 Å². The number of halogens is 1. The molecular weight excluding hydrogens is 439 g/mol. The zero-order chi connectivity index (χ0) is 25.2. The molecule has 34 heavy (non-hydrogen) atoms. The number of ether oxygens (including phenoxy) is 1. The van der Waals surface area contributed by atoms with Gasteiger partial charge in [-0.2, -0.15) is 0 Å². The molecule has 0 atom stereocenters. The van der Waals surface area contributed by atoms with Crippen molar-refractivity contribution in [2.45, 2.75) is 52.6 Å². The number of aromatic nitrogens is 1. The molecule has 4 rings (SSSR count). The van der Waals surface area contributed by atoms with Crippen molar-refractivity contribution in [2.75, 3.05) is 6.61 Å². The summed E-state index contributed by atoms with van der Waals surface area (Å²) < 4.78 is 21.9. The summed E-state index contributed by atoms with van der Waals surface area (Å²) in [4.78, 5) is 24.8. The molecule has 0 unspecified atom stereocenters. The minimum Gasteiger partial charge on any atom is -0.490 e. The maximum Gasteiger partial charge on any atom is 0.258 e. The summed E-state index contributed by atoms with van der Waals surface area (Å²) in [5.41, 5.74) is 4.14. The van der Waals surface area contributed by atoms with Gasteiger partial charge in [-0.3, -0.25) is 14.8 Å². The summed E-state index contributed by atoms with van der Waals surface area (Å²) in [7, 11) is 1.57. The van der Waals surface area contributed by atoms with Crippen LogP contribution in [0.15, 0.2) is 35.1 Å². The molecule has 1 aromatic heterocycles. The van der Waals surface area contributed by atoms with Crippen LogP contribution in [-0.4, -0.2) is 33.0 Å². The summed E-state index contributed by atoms with van der Waals surface area (Å²) in [5.74, 6) is -0.840. The lowest BCUT2D eigenvalue weighted by Crippen LogP contribution is -2.28. The van der Waals surface area contributed by atoms with Crippen molar-refractivity contribution in [1.82, 2.24) is 10.0 Å². The van der Waals surface area contributed by atoms with Gasteiger partial charge in [-0.15, -0.1) is 0 Å². The lowest BCUT2D eigenvalue weighted by atomic mass is 9.88. The fraction of sp³-hybridized carbons (Fsp3) is 0.385. The van der Waals surface area contributed by atoms with E-state index in [1.807, 2.05) is 6.92 Å². The third kappa shape index (κ3) is 5.29. The second-order valence-corrected chi connectivity index (χ2v) is 9.40. The molecule has 0 spiro atoms. The number of rotatable bonds is 3. The highest BCUT2D eigenvalue weighted by atomic mass is 19.1. The highest BCUT2D eigenvalue weighted by Gasteiger charge is 2.25. The number of amides is 1. The van der Waals surface area contributed by atoms with Gasteiger partial charge in [-0.1, -0.05) is 18.2 Å². The van der Waals surface area contributed by atoms with Gasteiger partial charge in [0.2, 0.25) is 5.91 Å². The molecule has 0 saturated heterocycles. The highest BCUT2D eigenvalue weighted by Crippen LogP contribution is 2.40. The Morgan fingerprint density at radius 2 is 1.85 bits per heavy atom. The van der Waals surface area contributed by atoms with E-state index in [0.29, 0.717) is 40.6 Å². The quantitative estimate of drug-likeness (QED) is 0.399. The van der Waals surface area contributed by atoms with Crippen LogP contribution in [0.25, 0.3) is 21.9 Å². The molecule has 0 fully saturated rings. The topological polar surface area (TPSA) is 101 Å². The van der Waals surface area contributed by atoms with Crippen LogP contribution >= 0.6 is 0 Å².